The quantitative estimate of drug-likeness (QED) is 0.189. The largest absolute Gasteiger partial charge is 0.466 e. The number of hydrogen-bond donors (Lipinski definition) is 0. The molecule has 1 aromatic carbocycles. The maximum absolute atomic E-state index is 13.8. The van der Waals surface area contributed by atoms with E-state index >= 15 is 0 Å². The fourth-order valence-corrected chi connectivity index (χ4v) is 4.00. The lowest BCUT2D eigenvalue weighted by Crippen LogP contribution is -2.45. The van der Waals surface area contributed by atoms with Crippen LogP contribution in [0.3, 0.4) is 0 Å². The van der Waals surface area contributed by atoms with Crippen molar-refractivity contribution in [1.29, 1.82) is 0 Å². The molecule has 0 saturated heterocycles. The number of carbonyl (C=O) groups excluding carboxylic acids is 4. The minimum absolute atomic E-state index is 0.197. The topological polar surface area (TPSA) is 121 Å². The zero-order chi connectivity index (χ0) is 32.0. The van der Waals surface area contributed by atoms with Gasteiger partial charge in [-0.15, -0.1) is 0 Å². The van der Waals surface area contributed by atoms with Gasteiger partial charge in [0.2, 0.25) is 5.76 Å². The van der Waals surface area contributed by atoms with Gasteiger partial charge in [0.05, 0.1) is 34.5 Å². The van der Waals surface area contributed by atoms with Gasteiger partial charge in [0, 0.05) is 29.0 Å². The van der Waals surface area contributed by atoms with E-state index in [2.05, 4.69) is 4.74 Å². The molecule has 0 bridgehead atoms. The van der Waals surface area contributed by atoms with E-state index in [1.807, 2.05) is 58.3 Å². The van der Waals surface area contributed by atoms with Crippen LogP contribution in [0.1, 0.15) is 52.7 Å². The summed E-state index contributed by atoms with van der Waals surface area (Å²) in [7, 11) is 4.56. The van der Waals surface area contributed by atoms with Crippen LogP contribution < -0.4 is 0 Å². The molecular weight excluding hydrogens is 544 g/mol. The van der Waals surface area contributed by atoms with Crippen LogP contribution in [0.15, 0.2) is 65.5 Å². The summed E-state index contributed by atoms with van der Waals surface area (Å²) in [6.07, 6.45) is 4.36. The van der Waals surface area contributed by atoms with Crippen LogP contribution in [0, 0.1) is 6.92 Å². The second-order valence-corrected chi connectivity index (χ2v) is 11.3. The second-order valence-electron chi connectivity index (χ2n) is 11.3. The Hall–Kier alpha value is -4.54. The molecule has 0 atom stereocenters. The molecule has 0 N–H and O–H groups in total. The molecule has 0 fully saturated rings. The number of benzene rings is 1. The van der Waals surface area contributed by atoms with Gasteiger partial charge in [-0.2, -0.15) is 0 Å². The summed E-state index contributed by atoms with van der Waals surface area (Å²) in [5.41, 5.74) is -0.510. The van der Waals surface area contributed by atoms with Gasteiger partial charge in [-0.05, 0) is 48.5 Å². The Morgan fingerprint density at radius 1 is 0.690 bits per heavy atom. The number of rotatable bonds is 8. The van der Waals surface area contributed by atoms with E-state index in [4.69, 9.17) is 18.9 Å². The first-order chi connectivity index (χ1) is 19.5. The Kier molecular flexibility index (Phi) is 10.8. The lowest BCUT2D eigenvalue weighted by atomic mass is 9.96. The van der Waals surface area contributed by atoms with Gasteiger partial charge in [-0.3, -0.25) is 0 Å². The van der Waals surface area contributed by atoms with Gasteiger partial charge < -0.3 is 33.5 Å². The molecule has 0 unspecified atom stereocenters. The summed E-state index contributed by atoms with van der Waals surface area (Å²) in [4.78, 5) is 56.1. The van der Waals surface area contributed by atoms with Crippen molar-refractivity contribution < 1.29 is 42.9 Å². The molecule has 0 spiro atoms. The average Bonchev–Trinajstić information content (AvgIpc) is 3.39. The highest BCUT2D eigenvalue weighted by Gasteiger charge is 2.42. The molecule has 2 rings (SSSR count). The summed E-state index contributed by atoms with van der Waals surface area (Å²) in [5.74, 6) is -4.32. The first-order valence-electron chi connectivity index (χ1n) is 13.1. The molecule has 42 heavy (non-hydrogen) atoms. The number of hydrogen-bond acceptors (Lipinski definition) is 11. The average molecular weight is 585 g/mol. The number of carbonyl (C=O) groups is 4. The number of esters is 4. The number of methoxy groups -OCH3 is 4. The summed E-state index contributed by atoms with van der Waals surface area (Å²) in [6, 6.07) is 6.77. The Labute approximate surface area is 247 Å². The van der Waals surface area contributed by atoms with Crippen molar-refractivity contribution in [2.75, 3.05) is 28.4 Å². The zero-order valence-electron chi connectivity index (χ0n) is 26.1. The molecule has 11 nitrogen and oxygen atoms in total. The van der Waals surface area contributed by atoms with Crippen molar-refractivity contribution in [3.8, 4) is 0 Å². The molecule has 11 heteroatoms. The normalized spacial score (nSPS) is 14.3. The Bertz CT molecular complexity index is 1310. The van der Waals surface area contributed by atoms with Crippen molar-refractivity contribution in [1.82, 2.24) is 9.80 Å². The highest BCUT2D eigenvalue weighted by atomic mass is 16.6. The first-order valence-corrected chi connectivity index (χ1v) is 13.1. The smallest absolute Gasteiger partial charge is 0.374 e. The van der Waals surface area contributed by atoms with E-state index < -0.39 is 40.7 Å². The minimum atomic E-state index is -1.03. The highest BCUT2D eigenvalue weighted by molar-refractivity contribution is 6.12. The van der Waals surface area contributed by atoms with Crippen molar-refractivity contribution in [3.05, 3.63) is 76.6 Å². The van der Waals surface area contributed by atoms with Gasteiger partial charge >= 0.3 is 23.9 Å². The zero-order valence-corrected chi connectivity index (χ0v) is 26.1. The number of aryl methyl sites for hydroxylation is 1. The van der Waals surface area contributed by atoms with E-state index in [0.29, 0.717) is 11.4 Å². The molecule has 0 aliphatic carbocycles. The van der Waals surface area contributed by atoms with Crippen LogP contribution in [0.5, 0.6) is 0 Å². The number of ether oxygens (including phenoxy) is 5. The molecule has 0 radical (unpaired) electrons. The predicted molar refractivity (Wildman–Crippen MR) is 155 cm³/mol. The van der Waals surface area contributed by atoms with Gasteiger partial charge in [-0.25, -0.2) is 19.2 Å². The molecule has 1 aliphatic heterocycles. The van der Waals surface area contributed by atoms with Crippen LogP contribution in [0.2, 0.25) is 0 Å². The van der Waals surface area contributed by atoms with E-state index in [1.165, 1.54) is 7.11 Å². The molecule has 0 aromatic heterocycles. The fourth-order valence-electron chi connectivity index (χ4n) is 4.00. The van der Waals surface area contributed by atoms with E-state index in [-0.39, 0.29) is 16.9 Å². The molecule has 1 aliphatic rings. The van der Waals surface area contributed by atoms with Crippen molar-refractivity contribution in [3.63, 3.8) is 0 Å². The summed E-state index contributed by atoms with van der Waals surface area (Å²) < 4.78 is 25.9. The third kappa shape index (κ3) is 7.59. The summed E-state index contributed by atoms with van der Waals surface area (Å²) in [6.45, 7) is 13.5. The van der Waals surface area contributed by atoms with Crippen LogP contribution in [-0.4, -0.2) is 73.2 Å². The first kappa shape index (κ1) is 33.7. The Morgan fingerprint density at radius 2 is 1.17 bits per heavy atom. The predicted octanol–water partition coefficient (Wildman–Crippen LogP) is 4.20. The summed E-state index contributed by atoms with van der Waals surface area (Å²) in [5, 5.41) is 0. The molecule has 228 valence electrons. The molecule has 1 aromatic rings. The molecule has 1 heterocycles. The van der Waals surface area contributed by atoms with Gasteiger partial charge in [-0.1, -0.05) is 29.8 Å². The number of nitrogens with zero attached hydrogens (tertiary/aromatic N) is 2. The summed E-state index contributed by atoms with van der Waals surface area (Å²) >= 11 is 0. The van der Waals surface area contributed by atoms with Crippen LogP contribution in [0.4, 0.5) is 0 Å². The second kappa shape index (κ2) is 13.4. The van der Waals surface area contributed by atoms with Crippen LogP contribution in [0.25, 0.3) is 5.76 Å². The third-order valence-corrected chi connectivity index (χ3v) is 6.11. The van der Waals surface area contributed by atoms with Crippen LogP contribution in [-0.2, 0) is 42.9 Å². The van der Waals surface area contributed by atoms with Crippen molar-refractivity contribution in [2.24, 2.45) is 0 Å². The lowest BCUT2D eigenvalue weighted by molar-refractivity contribution is -0.141. The van der Waals surface area contributed by atoms with E-state index in [1.54, 1.807) is 36.7 Å². The Balaban J connectivity index is 3.24. The molecule has 0 amide bonds. The highest BCUT2D eigenvalue weighted by Crippen LogP contribution is 2.40. The molecular formula is C31H40N2O9. The van der Waals surface area contributed by atoms with Crippen molar-refractivity contribution in [2.45, 2.75) is 59.5 Å². The monoisotopic (exact) mass is 584 g/mol. The lowest BCUT2D eigenvalue weighted by Gasteiger charge is -2.41. The van der Waals surface area contributed by atoms with Gasteiger partial charge in [0.1, 0.15) is 17.0 Å². The SMILES string of the molecule is COC(=O)/C=C(/O/C(=C(/C(=O)OC)C(C(=O)OC)=C1N(C(C)(C)C)C=CN1C(C)(C)C)c1ccc(C)cc1)C(=O)OC. The van der Waals surface area contributed by atoms with Crippen LogP contribution >= 0.6 is 0 Å². The van der Waals surface area contributed by atoms with Gasteiger partial charge in [0.15, 0.2) is 5.76 Å². The Morgan fingerprint density at radius 3 is 1.57 bits per heavy atom. The third-order valence-electron chi connectivity index (χ3n) is 6.11. The maximum atomic E-state index is 13.8. The maximum Gasteiger partial charge on any atom is 0.374 e. The van der Waals surface area contributed by atoms with Crippen molar-refractivity contribution >= 4 is 29.6 Å². The van der Waals surface area contributed by atoms with E-state index in [0.717, 1.165) is 33.0 Å². The van der Waals surface area contributed by atoms with E-state index in [9.17, 15) is 19.2 Å². The van der Waals surface area contributed by atoms with Gasteiger partial charge in [0.25, 0.3) is 0 Å². The fraction of sp³-hybridized carbons (Fsp3) is 0.419. The standard InChI is InChI=1S/C31H40N2O9/c1-19-12-14-20(15-13-19)25(42-21(27(35)39-9)18-22(34)38-8)23(28(36)40-10)24(29(37)41-11)26-32(30(2,3)4)16-17-33(26)31(5,6)7/h12-18H,1-11H3/b21-18+,25-23+. The minimum Gasteiger partial charge on any atom is -0.466 e. The molecule has 0 saturated carbocycles.